The molecule has 1 unspecified atom stereocenters. The van der Waals surface area contributed by atoms with Gasteiger partial charge in [0.15, 0.2) is 0 Å². The van der Waals surface area contributed by atoms with E-state index in [1.165, 1.54) is 10.6 Å². The Hall–Kier alpha value is -0.170. The van der Waals surface area contributed by atoms with Gasteiger partial charge in [-0.1, -0.05) is 27.7 Å². The maximum absolute atomic E-state index is 11.3. The number of hydrogen-bond acceptors (Lipinski definition) is 4. The fourth-order valence-corrected chi connectivity index (χ4v) is 2.54. The summed E-state index contributed by atoms with van der Waals surface area (Å²) in [6, 6.07) is 0. The number of methoxy groups -OCH3 is 1. The van der Waals surface area contributed by atoms with Crippen LogP contribution in [0.25, 0.3) is 0 Å². The molecule has 0 N–H and O–H groups in total. The minimum absolute atomic E-state index is 0.0172. The van der Waals surface area contributed by atoms with E-state index in [0.29, 0.717) is 26.3 Å². The molecule has 1 aliphatic rings. The highest BCUT2D eigenvalue weighted by atomic mass is 32.2. The Morgan fingerprint density at radius 2 is 1.74 bits per heavy atom. The lowest BCUT2D eigenvalue weighted by molar-refractivity contribution is -0.00642. The van der Waals surface area contributed by atoms with Gasteiger partial charge in [0, 0.05) is 20.2 Å². The molecule has 0 radical (unpaired) electrons. The summed E-state index contributed by atoms with van der Waals surface area (Å²) >= 11 is 0. The van der Waals surface area contributed by atoms with Crippen molar-refractivity contribution in [1.29, 1.82) is 0 Å². The average molecular weight is 297 g/mol. The van der Waals surface area contributed by atoms with Crippen LogP contribution in [-0.2, 0) is 19.5 Å². The molecule has 1 fully saturated rings. The topological polar surface area (TPSA) is 55.8 Å². The Kier molecular flexibility index (Phi) is 14.3. The highest BCUT2D eigenvalue weighted by Gasteiger charge is 2.25. The predicted molar refractivity (Wildman–Crippen MR) is 80.0 cm³/mol. The summed E-state index contributed by atoms with van der Waals surface area (Å²) in [5.74, 6) is 0. The number of hydrogen-bond donors (Lipinski definition) is 0. The molecule has 0 bridgehead atoms. The molecule has 5 nitrogen and oxygen atoms in total. The van der Waals surface area contributed by atoms with E-state index in [2.05, 4.69) is 0 Å². The summed E-state index contributed by atoms with van der Waals surface area (Å²) in [6.07, 6.45) is 3.05. The van der Waals surface area contributed by atoms with E-state index in [4.69, 9.17) is 9.47 Å². The Morgan fingerprint density at radius 1 is 1.16 bits per heavy atom. The quantitative estimate of drug-likeness (QED) is 0.729. The van der Waals surface area contributed by atoms with E-state index in [1.807, 2.05) is 27.7 Å². The van der Waals surface area contributed by atoms with Gasteiger partial charge < -0.3 is 9.47 Å². The van der Waals surface area contributed by atoms with Crippen LogP contribution in [-0.4, -0.2) is 58.5 Å². The van der Waals surface area contributed by atoms with Gasteiger partial charge in [-0.25, -0.2) is 8.42 Å². The molecule has 118 valence electrons. The van der Waals surface area contributed by atoms with Gasteiger partial charge in [-0.2, -0.15) is 4.31 Å². The van der Waals surface area contributed by atoms with Crippen LogP contribution in [0.5, 0.6) is 0 Å². The van der Waals surface area contributed by atoms with E-state index in [1.54, 1.807) is 7.11 Å². The minimum Gasteiger partial charge on any atom is -0.382 e. The summed E-state index contributed by atoms with van der Waals surface area (Å²) in [7, 11) is -1.45. The van der Waals surface area contributed by atoms with E-state index < -0.39 is 10.0 Å². The third kappa shape index (κ3) is 10.3. The van der Waals surface area contributed by atoms with Crippen LogP contribution in [0.3, 0.4) is 0 Å². The van der Waals surface area contributed by atoms with Crippen molar-refractivity contribution in [2.45, 2.75) is 46.6 Å². The average Bonchev–Trinajstić information content (AvgIpc) is 2.43. The fourth-order valence-electron chi connectivity index (χ4n) is 1.64. The zero-order chi connectivity index (χ0) is 15.3. The van der Waals surface area contributed by atoms with Crippen LogP contribution < -0.4 is 0 Å². The summed E-state index contributed by atoms with van der Waals surface area (Å²) in [6.45, 7) is 10.2. The lowest BCUT2D eigenvalue weighted by atomic mass is 10.1. The maximum Gasteiger partial charge on any atom is 0.211 e. The van der Waals surface area contributed by atoms with Crippen molar-refractivity contribution in [1.82, 2.24) is 4.31 Å². The van der Waals surface area contributed by atoms with E-state index in [-0.39, 0.29) is 6.10 Å². The first kappa shape index (κ1) is 21.1. The van der Waals surface area contributed by atoms with Gasteiger partial charge in [0.1, 0.15) is 0 Å². The molecule has 1 heterocycles. The maximum atomic E-state index is 11.3. The number of nitrogens with zero attached hydrogens (tertiary/aromatic N) is 1. The van der Waals surface area contributed by atoms with Gasteiger partial charge in [0.2, 0.25) is 10.0 Å². The van der Waals surface area contributed by atoms with Crippen molar-refractivity contribution in [2.75, 3.05) is 39.7 Å². The summed E-state index contributed by atoms with van der Waals surface area (Å²) in [4.78, 5) is 0. The van der Waals surface area contributed by atoms with Crippen molar-refractivity contribution < 1.29 is 17.9 Å². The highest BCUT2D eigenvalue weighted by molar-refractivity contribution is 7.88. The Bertz CT molecular complexity index is 280. The lowest BCUT2D eigenvalue weighted by Crippen LogP contribution is -2.42. The summed E-state index contributed by atoms with van der Waals surface area (Å²) in [5, 5.41) is 0. The number of piperidine rings is 1. The molecule has 0 aliphatic carbocycles. The van der Waals surface area contributed by atoms with Crippen molar-refractivity contribution >= 4 is 10.0 Å². The van der Waals surface area contributed by atoms with Crippen molar-refractivity contribution in [3.63, 3.8) is 0 Å². The summed E-state index contributed by atoms with van der Waals surface area (Å²) < 4.78 is 34.5. The second kappa shape index (κ2) is 12.8. The van der Waals surface area contributed by atoms with Crippen LogP contribution in [0.4, 0.5) is 0 Å². The van der Waals surface area contributed by atoms with Gasteiger partial charge in [-0.3, -0.25) is 0 Å². The molecule has 0 aromatic rings. The highest BCUT2D eigenvalue weighted by Crippen LogP contribution is 2.15. The normalized spacial score (nSPS) is 19.8. The van der Waals surface area contributed by atoms with Gasteiger partial charge in [-0.15, -0.1) is 0 Å². The first-order valence-corrected chi connectivity index (χ1v) is 8.94. The second-order valence-corrected chi connectivity index (χ2v) is 5.73. The van der Waals surface area contributed by atoms with Crippen LogP contribution >= 0.6 is 0 Å². The molecule has 1 atom stereocenters. The summed E-state index contributed by atoms with van der Waals surface area (Å²) in [5.41, 5.74) is 0. The van der Waals surface area contributed by atoms with Crippen LogP contribution in [0.15, 0.2) is 0 Å². The SMILES string of the molecule is CC.CC.COCCOC1CCCN(S(C)(=O)=O)C1. The molecule has 0 saturated carbocycles. The van der Waals surface area contributed by atoms with Crippen molar-refractivity contribution in [3.8, 4) is 0 Å². The third-order valence-corrected chi connectivity index (χ3v) is 3.72. The predicted octanol–water partition coefficient (Wildman–Crippen LogP) is 2.13. The van der Waals surface area contributed by atoms with Crippen LogP contribution in [0.1, 0.15) is 40.5 Å². The lowest BCUT2D eigenvalue weighted by Gasteiger charge is -2.30. The number of ether oxygens (including phenoxy) is 2. The molecule has 1 saturated heterocycles. The van der Waals surface area contributed by atoms with E-state index >= 15 is 0 Å². The first-order valence-electron chi connectivity index (χ1n) is 7.09. The zero-order valence-corrected chi connectivity index (χ0v) is 14.1. The molecule has 0 aromatic carbocycles. The van der Waals surface area contributed by atoms with E-state index in [9.17, 15) is 8.42 Å². The third-order valence-electron chi connectivity index (χ3n) is 2.45. The molecular weight excluding hydrogens is 266 g/mol. The standard InChI is InChI=1S/C9H19NO4S.2C2H6/c1-13-6-7-14-9-4-3-5-10(8-9)15(2,11)12;2*1-2/h9H,3-8H2,1-2H3;2*1-2H3. The molecule has 0 amide bonds. The molecule has 1 rings (SSSR count). The van der Waals surface area contributed by atoms with Crippen molar-refractivity contribution in [2.24, 2.45) is 0 Å². The Balaban J connectivity index is 0. The molecule has 0 spiro atoms. The van der Waals surface area contributed by atoms with Gasteiger partial charge in [-0.05, 0) is 12.8 Å². The second-order valence-electron chi connectivity index (χ2n) is 3.75. The van der Waals surface area contributed by atoms with Crippen molar-refractivity contribution in [3.05, 3.63) is 0 Å². The molecule has 0 aromatic heterocycles. The van der Waals surface area contributed by atoms with Crippen LogP contribution in [0.2, 0.25) is 0 Å². The first-order chi connectivity index (χ1) is 9.04. The minimum atomic E-state index is -3.07. The number of rotatable bonds is 5. The van der Waals surface area contributed by atoms with Gasteiger partial charge in [0.25, 0.3) is 0 Å². The largest absolute Gasteiger partial charge is 0.382 e. The molecule has 19 heavy (non-hydrogen) atoms. The van der Waals surface area contributed by atoms with Crippen LogP contribution in [0, 0.1) is 0 Å². The Morgan fingerprint density at radius 3 is 2.21 bits per heavy atom. The number of sulfonamides is 1. The van der Waals surface area contributed by atoms with E-state index in [0.717, 1.165) is 12.8 Å². The Labute approximate surface area is 119 Å². The zero-order valence-electron chi connectivity index (χ0n) is 13.3. The molecule has 1 aliphatic heterocycles. The van der Waals surface area contributed by atoms with Gasteiger partial charge in [0.05, 0.1) is 25.6 Å². The molecule has 6 heteroatoms. The fraction of sp³-hybridized carbons (Fsp3) is 1.00. The van der Waals surface area contributed by atoms with Gasteiger partial charge >= 0.3 is 0 Å². The molecular formula is C13H31NO4S. The monoisotopic (exact) mass is 297 g/mol. The smallest absolute Gasteiger partial charge is 0.211 e.